The SMILES string of the molecule is CCCCCCCCOc1ccc(CNCCCP(=O)(O)N=O)cc1OC. The standard InChI is InChI=1S/C19H33N2O5P/c1-3-4-5-6-7-8-13-26-18-11-10-17(15-19(18)25-2)16-20-12-9-14-27(23,24)21-22/h10-11,15,20H,3-9,12-14,16H2,1-2H3,(H,23,24). The molecule has 27 heavy (non-hydrogen) atoms. The minimum atomic E-state index is -3.83. The van der Waals surface area contributed by atoms with E-state index >= 15 is 0 Å². The summed E-state index contributed by atoms with van der Waals surface area (Å²) in [5.41, 5.74) is 1.03. The van der Waals surface area contributed by atoms with E-state index in [2.05, 4.69) is 17.2 Å². The third-order valence-electron chi connectivity index (χ3n) is 4.24. The maximum absolute atomic E-state index is 11.1. The minimum absolute atomic E-state index is 0.0992. The highest BCUT2D eigenvalue weighted by Crippen LogP contribution is 2.41. The van der Waals surface area contributed by atoms with E-state index in [1.165, 1.54) is 32.1 Å². The van der Waals surface area contributed by atoms with Crippen molar-refractivity contribution in [3.8, 4) is 11.5 Å². The molecule has 1 aromatic carbocycles. The summed E-state index contributed by atoms with van der Waals surface area (Å²) in [4.78, 5) is 21.5. The van der Waals surface area contributed by atoms with Gasteiger partial charge in [0.1, 0.15) is 0 Å². The zero-order valence-electron chi connectivity index (χ0n) is 16.5. The lowest BCUT2D eigenvalue weighted by Crippen LogP contribution is -2.15. The van der Waals surface area contributed by atoms with Crippen molar-refractivity contribution in [3.05, 3.63) is 28.7 Å². The molecule has 0 aliphatic carbocycles. The largest absolute Gasteiger partial charge is 0.493 e. The van der Waals surface area contributed by atoms with E-state index < -0.39 is 7.52 Å². The van der Waals surface area contributed by atoms with Crippen LogP contribution < -0.4 is 14.8 Å². The fraction of sp³-hybridized carbons (Fsp3) is 0.684. The van der Waals surface area contributed by atoms with Crippen molar-refractivity contribution in [2.45, 2.75) is 58.4 Å². The molecule has 7 nitrogen and oxygen atoms in total. The summed E-state index contributed by atoms with van der Waals surface area (Å²) >= 11 is 0. The first kappa shape index (κ1) is 23.6. The zero-order chi connectivity index (χ0) is 20.0. The van der Waals surface area contributed by atoms with Gasteiger partial charge < -0.3 is 19.7 Å². The molecule has 1 atom stereocenters. The van der Waals surface area contributed by atoms with Gasteiger partial charge in [0, 0.05) is 17.7 Å². The van der Waals surface area contributed by atoms with Crippen LogP contribution in [0.15, 0.2) is 23.1 Å². The predicted octanol–water partition coefficient (Wildman–Crippen LogP) is 4.87. The van der Waals surface area contributed by atoms with Gasteiger partial charge in [0.25, 0.3) is 0 Å². The van der Waals surface area contributed by atoms with Crippen LogP contribution in [0.2, 0.25) is 0 Å². The Hall–Kier alpha value is -1.43. The maximum Gasteiger partial charge on any atom is 0.350 e. The Morgan fingerprint density at radius 3 is 2.56 bits per heavy atom. The van der Waals surface area contributed by atoms with Gasteiger partial charge in [-0.3, -0.25) is 4.57 Å². The number of nitrogens with one attached hydrogen (secondary N) is 1. The van der Waals surface area contributed by atoms with Crippen LogP contribution in [0.3, 0.4) is 0 Å². The average Bonchev–Trinajstić information content (AvgIpc) is 2.67. The number of benzene rings is 1. The molecule has 8 heteroatoms. The highest BCUT2D eigenvalue weighted by atomic mass is 31.2. The van der Waals surface area contributed by atoms with Crippen molar-refractivity contribution in [1.82, 2.24) is 5.32 Å². The van der Waals surface area contributed by atoms with Gasteiger partial charge >= 0.3 is 7.52 Å². The van der Waals surface area contributed by atoms with E-state index in [4.69, 9.17) is 14.4 Å². The first-order valence-electron chi connectivity index (χ1n) is 9.69. The van der Waals surface area contributed by atoms with Gasteiger partial charge in [-0.05, 0) is 37.1 Å². The van der Waals surface area contributed by atoms with Crippen molar-refractivity contribution in [3.63, 3.8) is 0 Å². The number of hydrogen-bond donors (Lipinski definition) is 2. The van der Waals surface area contributed by atoms with Crippen LogP contribution in [0.4, 0.5) is 0 Å². The fourth-order valence-corrected chi connectivity index (χ4v) is 3.34. The summed E-state index contributed by atoms with van der Waals surface area (Å²) in [6.45, 7) is 4.02. The van der Waals surface area contributed by atoms with Crippen molar-refractivity contribution in [2.75, 3.05) is 26.4 Å². The number of hydrogen-bond acceptors (Lipinski definition) is 5. The highest BCUT2D eigenvalue weighted by molar-refractivity contribution is 7.56. The van der Waals surface area contributed by atoms with Crippen molar-refractivity contribution in [1.29, 1.82) is 0 Å². The summed E-state index contributed by atoms with van der Waals surface area (Å²) in [7, 11) is -2.21. The van der Waals surface area contributed by atoms with Gasteiger partial charge in [-0.25, -0.2) is 0 Å². The maximum atomic E-state index is 11.1. The second-order valence-electron chi connectivity index (χ2n) is 6.60. The molecule has 0 spiro atoms. The molecule has 0 amide bonds. The van der Waals surface area contributed by atoms with Gasteiger partial charge in [0.05, 0.1) is 13.7 Å². The number of methoxy groups -OCH3 is 1. The molecular formula is C19H33N2O5P. The summed E-state index contributed by atoms with van der Waals surface area (Å²) < 4.78 is 22.4. The number of unbranched alkanes of at least 4 members (excludes halogenated alkanes) is 5. The molecule has 0 aliphatic rings. The molecule has 1 aromatic rings. The molecule has 2 N–H and O–H groups in total. The van der Waals surface area contributed by atoms with Crippen molar-refractivity contribution >= 4 is 7.52 Å². The second kappa shape index (κ2) is 13.7. The van der Waals surface area contributed by atoms with E-state index in [1.54, 1.807) is 7.11 Å². The molecule has 0 aliphatic heterocycles. The van der Waals surface area contributed by atoms with Gasteiger partial charge in [-0.15, -0.1) is 4.91 Å². The van der Waals surface area contributed by atoms with Crippen LogP contribution in [0.1, 0.15) is 57.4 Å². The third kappa shape index (κ3) is 10.5. The number of nitroso groups, excluding NO2 is 1. The van der Waals surface area contributed by atoms with E-state index in [0.29, 0.717) is 31.9 Å². The van der Waals surface area contributed by atoms with Crippen LogP contribution in [0, 0.1) is 4.91 Å². The Balaban J connectivity index is 2.32. The first-order chi connectivity index (χ1) is 13.0. The number of ether oxygens (including phenoxy) is 2. The van der Waals surface area contributed by atoms with Gasteiger partial charge in [-0.1, -0.05) is 45.1 Å². The smallest absolute Gasteiger partial charge is 0.350 e. The van der Waals surface area contributed by atoms with Crippen LogP contribution in [-0.2, 0) is 11.1 Å². The Bertz CT molecular complexity index is 597. The summed E-state index contributed by atoms with van der Waals surface area (Å²) in [6.07, 6.45) is 7.65. The molecule has 154 valence electrons. The lowest BCUT2D eigenvalue weighted by atomic mass is 10.1. The Morgan fingerprint density at radius 1 is 1.11 bits per heavy atom. The van der Waals surface area contributed by atoms with E-state index in [9.17, 15) is 9.47 Å². The van der Waals surface area contributed by atoms with E-state index in [0.717, 1.165) is 17.7 Å². The van der Waals surface area contributed by atoms with Gasteiger partial charge in [0.2, 0.25) is 0 Å². The molecular weight excluding hydrogens is 367 g/mol. The van der Waals surface area contributed by atoms with Crippen molar-refractivity contribution in [2.24, 2.45) is 4.95 Å². The monoisotopic (exact) mass is 400 g/mol. The lowest BCUT2D eigenvalue weighted by molar-refractivity contribution is 0.284. The summed E-state index contributed by atoms with van der Waals surface area (Å²) in [6, 6.07) is 5.80. The molecule has 0 saturated heterocycles. The summed E-state index contributed by atoms with van der Waals surface area (Å²) in [5.74, 6) is 1.44. The van der Waals surface area contributed by atoms with Crippen LogP contribution in [-0.4, -0.2) is 31.3 Å². The Morgan fingerprint density at radius 2 is 1.85 bits per heavy atom. The van der Waals surface area contributed by atoms with E-state index in [-0.39, 0.29) is 6.16 Å². The molecule has 0 saturated carbocycles. The topological polar surface area (TPSA) is 97.2 Å². The Labute approximate surface area is 162 Å². The molecule has 1 unspecified atom stereocenters. The highest BCUT2D eigenvalue weighted by Gasteiger charge is 2.17. The molecule has 0 radical (unpaired) electrons. The van der Waals surface area contributed by atoms with Crippen LogP contribution in [0.5, 0.6) is 11.5 Å². The lowest BCUT2D eigenvalue weighted by Gasteiger charge is -2.13. The number of nitrogens with zero attached hydrogens (tertiary/aromatic N) is 1. The quantitative estimate of drug-likeness (QED) is 0.233. The third-order valence-corrected chi connectivity index (χ3v) is 5.40. The minimum Gasteiger partial charge on any atom is -0.493 e. The molecule has 0 bridgehead atoms. The van der Waals surface area contributed by atoms with Gasteiger partial charge in [0.15, 0.2) is 11.5 Å². The fourth-order valence-electron chi connectivity index (χ4n) is 2.69. The first-order valence-corrected chi connectivity index (χ1v) is 11.5. The number of rotatable bonds is 16. The zero-order valence-corrected chi connectivity index (χ0v) is 17.4. The Kier molecular flexibility index (Phi) is 12.0. The molecule has 0 aromatic heterocycles. The molecule has 1 rings (SSSR count). The summed E-state index contributed by atoms with van der Waals surface area (Å²) in [5, 5.41) is 3.17. The van der Waals surface area contributed by atoms with Gasteiger partial charge in [-0.2, -0.15) is 0 Å². The van der Waals surface area contributed by atoms with Crippen LogP contribution in [0.25, 0.3) is 0 Å². The molecule has 0 heterocycles. The van der Waals surface area contributed by atoms with Crippen molar-refractivity contribution < 1.29 is 18.9 Å². The van der Waals surface area contributed by atoms with Crippen LogP contribution >= 0.6 is 7.52 Å². The van der Waals surface area contributed by atoms with E-state index in [1.807, 2.05) is 18.2 Å². The average molecular weight is 400 g/mol. The second-order valence-corrected chi connectivity index (χ2v) is 8.54. The normalized spacial score (nSPS) is 13.1. The predicted molar refractivity (Wildman–Crippen MR) is 109 cm³/mol. The molecule has 0 fully saturated rings.